The summed E-state index contributed by atoms with van der Waals surface area (Å²) in [6.45, 7) is 8.77. The Hall–Kier alpha value is -1.35. The van der Waals surface area contributed by atoms with E-state index in [1.807, 2.05) is 58.0 Å². The Bertz CT molecular complexity index is 379. The summed E-state index contributed by atoms with van der Waals surface area (Å²) in [7, 11) is 0. The molecule has 0 amide bonds. The minimum Gasteiger partial charge on any atom is -0.460 e. The van der Waals surface area contributed by atoms with Gasteiger partial charge in [-0.05, 0) is 32.3 Å². The first kappa shape index (κ1) is 15.7. The van der Waals surface area contributed by atoms with Crippen LogP contribution in [-0.2, 0) is 20.9 Å². The molecule has 0 spiro atoms. The van der Waals surface area contributed by atoms with Gasteiger partial charge < -0.3 is 9.47 Å². The fraction of sp³-hybridized carbons (Fsp3) is 0.562. The van der Waals surface area contributed by atoms with Crippen LogP contribution in [0.5, 0.6) is 0 Å². The van der Waals surface area contributed by atoms with Gasteiger partial charge in [-0.25, -0.2) is 0 Å². The molecule has 0 bridgehead atoms. The molecule has 1 aromatic carbocycles. The van der Waals surface area contributed by atoms with E-state index in [1.165, 1.54) is 0 Å². The molecule has 0 fully saturated rings. The normalized spacial score (nSPS) is 13.1. The van der Waals surface area contributed by atoms with Crippen molar-refractivity contribution in [3.8, 4) is 0 Å². The molecule has 0 saturated heterocycles. The van der Waals surface area contributed by atoms with Crippen LogP contribution >= 0.6 is 0 Å². The van der Waals surface area contributed by atoms with Gasteiger partial charge in [-0.2, -0.15) is 0 Å². The molecule has 0 heterocycles. The second kappa shape index (κ2) is 7.29. The zero-order valence-corrected chi connectivity index (χ0v) is 12.3. The van der Waals surface area contributed by atoms with Crippen molar-refractivity contribution >= 4 is 5.97 Å². The van der Waals surface area contributed by atoms with Crippen LogP contribution in [0.4, 0.5) is 0 Å². The first-order valence-electron chi connectivity index (χ1n) is 6.70. The van der Waals surface area contributed by atoms with Crippen LogP contribution in [0, 0.1) is 5.92 Å². The molecular formula is C16H24O3. The number of carbonyl (C=O) groups excluding carboxylic acids is 1. The average Bonchev–Trinajstić information content (AvgIpc) is 2.27. The van der Waals surface area contributed by atoms with E-state index in [0.29, 0.717) is 19.6 Å². The largest absolute Gasteiger partial charge is 0.460 e. The highest BCUT2D eigenvalue weighted by Gasteiger charge is 2.18. The molecule has 0 aliphatic heterocycles. The third kappa shape index (κ3) is 7.62. The monoisotopic (exact) mass is 264 g/mol. The van der Waals surface area contributed by atoms with Crippen molar-refractivity contribution in [2.45, 2.75) is 46.3 Å². The van der Waals surface area contributed by atoms with E-state index in [1.54, 1.807) is 0 Å². The summed E-state index contributed by atoms with van der Waals surface area (Å²) < 4.78 is 10.9. The molecule has 0 aliphatic rings. The van der Waals surface area contributed by atoms with E-state index in [4.69, 9.17) is 9.47 Å². The zero-order chi connectivity index (χ0) is 14.3. The van der Waals surface area contributed by atoms with E-state index in [9.17, 15) is 4.79 Å². The summed E-state index contributed by atoms with van der Waals surface area (Å²) in [5.41, 5.74) is 0.730. The average molecular weight is 264 g/mol. The minimum absolute atomic E-state index is 0.164. The fourth-order valence-corrected chi connectivity index (χ4v) is 1.68. The Labute approximate surface area is 115 Å². The quantitative estimate of drug-likeness (QED) is 0.737. The number of carbonyl (C=O) groups is 1. The lowest BCUT2D eigenvalue weighted by atomic mass is 10.1. The van der Waals surface area contributed by atoms with Crippen LogP contribution in [0.15, 0.2) is 30.3 Å². The number of ether oxygens (including phenoxy) is 2. The lowest BCUT2D eigenvalue weighted by Crippen LogP contribution is -2.25. The molecule has 3 heteroatoms. The van der Waals surface area contributed by atoms with E-state index >= 15 is 0 Å². The van der Waals surface area contributed by atoms with Crippen molar-refractivity contribution < 1.29 is 14.3 Å². The molecule has 0 radical (unpaired) electrons. The molecule has 1 rings (SSSR count). The van der Waals surface area contributed by atoms with Crippen LogP contribution in [0.3, 0.4) is 0 Å². The lowest BCUT2D eigenvalue weighted by molar-refractivity contribution is -0.156. The maximum absolute atomic E-state index is 11.6. The van der Waals surface area contributed by atoms with E-state index in [0.717, 1.165) is 5.56 Å². The van der Waals surface area contributed by atoms with Gasteiger partial charge in [0.2, 0.25) is 0 Å². The van der Waals surface area contributed by atoms with Crippen molar-refractivity contribution in [3.05, 3.63) is 35.9 Å². The summed E-state index contributed by atoms with van der Waals surface area (Å²) in [6, 6.07) is 10.0. The van der Waals surface area contributed by atoms with Gasteiger partial charge in [0.25, 0.3) is 0 Å². The summed E-state index contributed by atoms with van der Waals surface area (Å²) in [5, 5.41) is 0. The molecule has 3 nitrogen and oxygen atoms in total. The Balaban J connectivity index is 2.21. The molecule has 1 aromatic rings. The maximum Gasteiger partial charge on any atom is 0.306 e. The second-order valence-electron chi connectivity index (χ2n) is 5.90. The molecule has 0 N–H and O–H groups in total. The van der Waals surface area contributed by atoms with Crippen LogP contribution < -0.4 is 0 Å². The van der Waals surface area contributed by atoms with Crippen LogP contribution in [0.25, 0.3) is 0 Å². The molecule has 0 aromatic heterocycles. The lowest BCUT2D eigenvalue weighted by Gasteiger charge is -2.20. The summed E-state index contributed by atoms with van der Waals surface area (Å²) in [4.78, 5) is 11.6. The second-order valence-corrected chi connectivity index (χ2v) is 5.90. The highest BCUT2D eigenvalue weighted by molar-refractivity contribution is 5.70. The van der Waals surface area contributed by atoms with Gasteiger partial charge in [0, 0.05) is 0 Å². The van der Waals surface area contributed by atoms with Gasteiger partial charge in [0.15, 0.2) is 0 Å². The molecule has 0 aliphatic carbocycles. The predicted octanol–water partition coefficient (Wildman–Crippen LogP) is 3.57. The summed E-state index contributed by atoms with van der Waals surface area (Å²) in [5.74, 6) is 0.00173. The maximum atomic E-state index is 11.6. The topological polar surface area (TPSA) is 35.5 Å². The first-order chi connectivity index (χ1) is 8.87. The number of rotatable bonds is 6. The Morgan fingerprint density at radius 1 is 1.21 bits per heavy atom. The standard InChI is InChI=1S/C16H24O3/c1-13(10-15(17)19-16(2,3)4)11-18-12-14-8-6-5-7-9-14/h5-9,13H,10-12H2,1-4H3. The molecule has 19 heavy (non-hydrogen) atoms. The third-order valence-corrected chi connectivity index (χ3v) is 2.45. The van der Waals surface area contributed by atoms with Gasteiger partial charge in [0.05, 0.1) is 19.6 Å². The highest BCUT2D eigenvalue weighted by Crippen LogP contribution is 2.12. The number of esters is 1. The van der Waals surface area contributed by atoms with Crippen molar-refractivity contribution in [1.82, 2.24) is 0 Å². The number of hydrogen-bond acceptors (Lipinski definition) is 3. The molecule has 1 atom stereocenters. The van der Waals surface area contributed by atoms with Gasteiger partial charge in [-0.3, -0.25) is 4.79 Å². The minimum atomic E-state index is -0.415. The van der Waals surface area contributed by atoms with E-state index < -0.39 is 5.60 Å². The van der Waals surface area contributed by atoms with Gasteiger partial charge in [-0.15, -0.1) is 0 Å². The molecule has 106 valence electrons. The SMILES string of the molecule is CC(COCc1ccccc1)CC(=O)OC(C)(C)C. The van der Waals surface area contributed by atoms with E-state index in [-0.39, 0.29) is 11.9 Å². The first-order valence-corrected chi connectivity index (χ1v) is 6.70. The summed E-state index contributed by atoms with van der Waals surface area (Å²) >= 11 is 0. The van der Waals surface area contributed by atoms with Gasteiger partial charge in [-0.1, -0.05) is 37.3 Å². The van der Waals surface area contributed by atoms with Crippen LogP contribution in [-0.4, -0.2) is 18.2 Å². The molecule has 1 unspecified atom stereocenters. The van der Waals surface area contributed by atoms with Crippen molar-refractivity contribution in [2.24, 2.45) is 5.92 Å². The van der Waals surface area contributed by atoms with Crippen LogP contribution in [0.2, 0.25) is 0 Å². The Morgan fingerprint density at radius 3 is 2.42 bits per heavy atom. The van der Waals surface area contributed by atoms with Crippen molar-refractivity contribution in [1.29, 1.82) is 0 Å². The number of hydrogen-bond donors (Lipinski definition) is 0. The highest BCUT2D eigenvalue weighted by atomic mass is 16.6. The van der Waals surface area contributed by atoms with E-state index in [2.05, 4.69) is 0 Å². The van der Waals surface area contributed by atoms with Crippen molar-refractivity contribution in [2.75, 3.05) is 6.61 Å². The fourth-order valence-electron chi connectivity index (χ4n) is 1.68. The summed E-state index contributed by atoms with van der Waals surface area (Å²) in [6.07, 6.45) is 0.395. The smallest absolute Gasteiger partial charge is 0.306 e. The van der Waals surface area contributed by atoms with Crippen molar-refractivity contribution in [3.63, 3.8) is 0 Å². The molecule has 0 saturated carbocycles. The zero-order valence-electron chi connectivity index (χ0n) is 12.3. The molecular weight excluding hydrogens is 240 g/mol. The van der Waals surface area contributed by atoms with Gasteiger partial charge in [0.1, 0.15) is 5.60 Å². The Morgan fingerprint density at radius 2 is 1.84 bits per heavy atom. The Kier molecular flexibility index (Phi) is 6.03. The van der Waals surface area contributed by atoms with Crippen LogP contribution in [0.1, 0.15) is 39.7 Å². The van der Waals surface area contributed by atoms with Gasteiger partial charge >= 0.3 is 5.97 Å². The third-order valence-electron chi connectivity index (χ3n) is 2.45. The number of benzene rings is 1. The predicted molar refractivity (Wildman–Crippen MR) is 75.7 cm³/mol.